The van der Waals surface area contributed by atoms with Gasteiger partial charge in [0, 0.05) is 42.0 Å². The lowest BCUT2D eigenvalue weighted by atomic mass is 9.86. The van der Waals surface area contributed by atoms with Crippen LogP contribution in [0.5, 0.6) is 0 Å². The summed E-state index contributed by atoms with van der Waals surface area (Å²) in [7, 11) is 0. The number of aromatic nitrogens is 3. The summed E-state index contributed by atoms with van der Waals surface area (Å²) in [6.07, 6.45) is -6.87. The van der Waals surface area contributed by atoms with Crippen molar-refractivity contribution in [2.75, 3.05) is 18.8 Å². The highest BCUT2D eigenvalue weighted by molar-refractivity contribution is 5.97. The molecule has 226 valence electrons. The van der Waals surface area contributed by atoms with Gasteiger partial charge in [0.1, 0.15) is 30.5 Å². The first-order valence-electron chi connectivity index (χ1n) is 12.9. The van der Waals surface area contributed by atoms with Crippen LogP contribution in [-0.2, 0) is 17.6 Å². The second-order valence-electron chi connectivity index (χ2n) is 10.4. The molecule has 2 fully saturated rings. The third-order valence-electron chi connectivity index (χ3n) is 7.70. The van der Waals surface area contributed by atoms with Crippen LogP contribution in [0.3, 0.4) is 0 Å². The fourth-order valence-corrected chi connectivity index (χ4v) is 5.48. The van der Waals surface area contributed by atoms with Crippen LogP contribution in [-0.4, -0.2) is 62.5 Å². The van der Waals surface area contributed by atoms with Crippen LogP contribution >= 0.6 is 0 Å². The Morgan fingerprint density at radius 1 is 1.12 bits per heavy atom. The molecule has 3 N–H and O–H groups in total. The number of rotatable bonds is 5. The molecule has 1 saturated carbocycles. The zero-order valence-corrected chi connectivity index (χ0v) is 21.7. The number of nitrogens with zero attached hydrogens (tertiary/aromatic N) is 4. The first-order valence-corrected chi connectivity index (χ1v) is 12.9. The van der Waals surface area contributed by atoms with E-state index >= 15 is 4.39 Å². The van der Waals surface area contributed by atoms with Crippen LogP contribution < -0.4 is 11.1 Å². The molecule has 1 aliphatic carbocycles. The Morgan fingerprint density at radius 3 is 2.45 bits per heavy atom. The normalized spacial score (nSPS) is 21.2. The maximum absolute atomic E-state index is 15.0. The summed E-state index contributed by atoms with van der Waals surface area (Å²) in [5.74, 6) is -7.00. The molecule has 0 unspecified atom stereocenters. The van der Waals surface area contributed by atoms with Crippen molar-refractivity contribution in [2.45, 2.75) is 56.7 Å². The average molecular weight is 605 g/mol. The molecule has 2 aromatic heterocycles. The number of nitrogen functional groups attached to an aromatic ring is 1. The van der Waals surface area contributed by atoms with E-state index in [1.165, 1.54) is 0 Å². The molecule has 0 spiro atoms. The van der Waals surface area contributed by atoms with Gasteiger partial charge in [0.15, 0.2) is 5.82 Å². The van der Waals surface area contributed by atoms with E-state index in [1.54, 1.807) is 0 Å². The molecule has 0 radical (unpaired) electrons. The minimum Gasteiger partial charge on any atom is -0.382 e. The first-order chi connectivity index (χ1) is 19.7. The van der Waals surface area contributed by atoms with Gasteiger partial charge in [0.25, 0.3) is 5.91 Å². The van der Waals surface area contributed by atoms with E-state index < -0.39 is 102 Å². The predicted molar refractivity (Wildman–Crippen MR) is 132 cm³/mol. The molecule has 1 aromatic carbocycles. The molecule has 2 atom stereocenters. The SMILES string of the molecule is Nc1ncnn2c(-c3cc(F)c(CF)c(C(=O)N[C@@H]4CN(C(=O)C5CCC(F)(F)CC5)C[C@@H]4F)c3)cc(C(F)(F)F)c12. The first kappa shape index (κ1) is 29.5. The van der Waals surface area contributed by atoms with Gasteiger partial charge in [-0.3, -0.25) is 9.59 Å². The van der Waals surface area contributed by atoms with Gasteiger partial charge in [-0.25, -0.2) is 31.5 Å². The fourth-order valence-electron chi connectivity index (χ4n) is 5.48. The Bertz CT molecular complexity index is 1530. The van der Waals surface area contributed by atoms with Gasteiger partial charge in [-0.15, -0.1) is 0 Å². The molecule has 16 heteroatoms. The van der Waals surface area contributed by atoms with Gasteiger partial charge in [-0.05, 0) is 31.0 Å². The molecule has 3 aromatic rings. The smallest absolute Gasteiger partial charge is 0.382 e. The molecule has 2 aliphatic rings. The van der Waals surface area contributed by atoms with Crippen LogP contribution in [0, 0.1) is 11.7 Å². The number of nitrogens with two attached hydrogens (primary N) is 1. The van der Waals surface area contributed by atoms with Crippen molar-refractivity contribution in [1.29, 1.82) is 0 Å². The topological polar surface area (TPSA) is 106 Å². The number of carbonyl (C=O) groups is 2. The molecule has 8 nitrogen and oxygen atoms in total. The van der Waals surface area contributed by atoms with Crippen molar-refractivity contribution >= 4 is 23.1 Å². The van der Waals surface area contributed by atoms with Crippen molar-refractivity contribution in [3.8, 4) is 11.3 Å². The number of fused-ring (bicyclic) bond motifs is 1. The summed E-state index contributed by atoms with van der Waals surface area (Å²) in [5, 5.41) is 6.07. The number of likely N-dealkylation sites (tertiary alicyclic amines) is 1. The van der Waals surface area contributed by atoms with E-state index in [0.29, 0.717) is 6.07 Å². The van der Waals surface area contributed by atoms with Gasteiger partial charge in [0.05, 0.1) is 23.8 Å². The van der Waals surface area contributed by atoms with Gasteiger partial charge >= 0.3 is 6.18 Å². The Labute approximate surface area is 232 Å². The Kier molecular flexibility index (Phi) is 7.51. The second-order valence-corrected chi connectivity index (χ2v) is 10.4. The van der Waals surface area contributed by atoms with Crippen molar-refractivity contribution < 1.29 is 44.7 Å². The Hall–Kier alpha value is -3.98. The largest absolute Gasteiger partial charge is 0.418 e. The number of nitrogens with one attached hydrogen (secondary N) is 1. The van der Waals surface area contributed by atoms with Crippen LogP contribution in [0.1, 0.15) is 47.2 Å². The minimum absolute atomic E-state index is 0.0662. The number of benzene rings is 1. The number of alkyl halides is 7. The molecular weight excluding hydrogens is 580 g/mol. The summed E-state index contributed by atoms with van der Waals surface area (Å²) in [5.41, 5.74) is 1.86. The van der Waals surface area contributed by atoms with Gasteiger partial charge in [-0.2, -0.15) is 18.3 Å². The molecule has 2 amide bonds. The quantitative estimate of drug-likeness (QED) is 0.411. The summed E-state index contributed by atoms with van der Waals surface area (Å²) >= 11 is 0. The number of carbonyl (C=O) groups excluding carboxylic acids is 2. The molecule has 1 saturated heterocycles. The highest BCUT2D eigenvalue weighted by Crippen LogP contribution is 2.40. The lowest BCUT2D eigenvalue weighted by Crippen LogP contribution is -2.43. The number of hydrogen-bond donors (Lipinski definition) is 2. The van der Waals surface area contributed by atoms with E-state index in [0.717, 1.165) is 27.9 Å². The van der Waals surface area contributed by atoms with Crippen molar-refractivity contribution in [3.63, 3.8) is 0 Å². The summed E-state index contributed by atoms with van der Waals surface area (Å²) in [4.78, 5) is 30.6. The maximum atomic E-state index is 15.0. The Morgan fingerprint density at radius 2 is 1.81 bits per heavy atom. The number of anilines is 1. The number of amides is 2. The van der Waals surface area contributed by atoms with Gasteiger partial charge in [0.2, 0.25) is 11.8 Å². The average Bonchev–Trinajstić information content (AvgIpc) is 3.49. The van der Waals surface area contributed by atoms with E-state index in [9.17, 15) is 40.3 Å². The highest BCUT2D eigenvalue weighted by Gasteiger charge is 2.43. The van der Waals surface area contributed by atoms with E-state index in [-0.39, 0.29) is 30.6 Å². The van der Waals surface area contributed by atoms with Crippen LogP contribution in [0.2, 0.25) is 0 Å². The van der Waals surface area contributed by atoms with Crippen LogP contribution in [0.25, 0.3) is 16.8 Å². The monoisotopic (exact) mass is 604 g/mol. The number of halogens is 8. The van der Waals surface area contributed by atoms with Crippen LogP contribution in [0.4, 0.5) is 40.9 Å². The lowest BCUT2D eigenvalue weighted by molar-refractivity contribution is -0.139. The van der Waals surface area contributed by atoms with E-state index in [4.69, 9.17) is 5.73 Å². The fraction of sp³-hybridized carbons (Fsp3) is 0.462. The van der Waals surface area contributed by atoms with Gasteiger partial charge in [-0.1, -0.05) is 0 Å². The zero-order valence-electron chi connectivity index (χ0n) is 21.7. The van der Waals surface area contributed by atoms with Crippen molar-refractivity contribution in [1.82, 2.24) is 24.8 Å². The van der Waals surface area contributed by atoms with E-state index in [1.807, 2.05) is 0 Å². The summed E-state index contributed by atoms with van der Waals surface area (Å²) in [6.45, 7) is -2.19. The third kappa shape index (κ3) is 5.45. The summed E-state index contributed by atoms with van der Waals surface area (Å²) in [6, 6.07) is 1.02. The minimum atomic E-state index is -4.90. The molecule has 3 heterocycles. The van der Waals surface area contributed by atoms with Crippen molar-refractivity contribution in [3.05, 3.63) is 47.0 Å². The number of hydrogen-bond acceptors (Lipinski definition) is 5. The third-order valence-corrected chi connectivity index (χ3v) is 7.70. The molecule has 5 rings (SSSR count). The standard InChI is InChI=1S/C26H24F8N6O2/c27-8-15-14(23(41)38-19-10-39(9-18(19)29)24(42)12-1-3-25(30,31)4-2-12)5-13(6-17(15)28)20-7-16(26(32,33)34)21-22(35)36-11-37-40(20)21/h5-7,11-12,18-19H,1-4,8-10H2,(H,38,41)(H2,35,36,37)/t18-,19+/m0/s1. The van der Waals surface area contributed by atoms with Gasteiger partial charge < -0.3 is 16.0 Å². The highest BCUT2D eigenvalue weighted by atomic mass is 19.4. The lowest BCUT2D eigenvalue weighted by Gasteiger charge is -2.30. The maximum Gasteiger partial charge on any atom is 0.418 e. The Balaban J connectivity index is 1.41. The van der Waals surface area contributed by atoms with Crippen molar-refractivity contribution in [2.24, 2.45) is 5.92 Å². The summed E-state index contributed by atoms with van der Waals surface area (Å²) < 4.78 is 113. The predicted octanol–water partition coefficient (Wildman–Crippen LogP) is 4.71. The zero-order chi connectivity index (χ0) is 30.6. The molecular formula is C26H24F8N6O2. The van der Waals surface area contributed by atoms with E-state index in [2.05, 4.69) is 15.4 Å². The van der Waals surface area contributed by atoms with Crippen LogP contribution in [0.15, 0.2) is 24.5 Å². The second kappa shape index (κ2) is 10.7. The molecule has 1 aliphatic heterocycles. The molecule has 0 bridgehead atoms. The molecule has 42 heavy (non-hydrogen) atoms.